The molecule has 1 aromatic carbocycles. The number of nitrogens with one attached hydrogen (secondary N) is 1. The maximum absolute atomic E-state index is 6.21. The lowest BCUT2D eigenvalue weighted by Gasteiger charge is -2.35. The summed E-state index contributed by atoms with van der Waals surface area (Å²) >= 11 is 6.21. The van der Waals surface area contributed by atoms with E-state index in [4.69, 9.17) is 11.6 Å². The van der Waals surface area contributed by atoms with Gasteiger partial charge in [-0.1, -0.05) is 30.7 Å². The second kappa shape index (κ2) is 8.14. The van der Waals surface area contributed by atoms with Crippen LogP contribution in [0.15, 0.2) is 24.3 Å². The summed E-state index contributed by atoms with van der Waals surface area (Å²) in [5.74, 6) is 0. The van der Waals surface area contributed by atoms with Crippen molar-refractivity contribution in [3.05, 3.63) is 34.9 Å². The van der Waals surface area contributed by atoms with Crippen LogP contribution in [0.5, 0.6) is 0 Å². The minimum absolute atomic E-state index is 0.328. The molecular formula is C17H28ClN3. The number of nitrogens with zero attached hydrogens (tertiary/aromatic N) is 2. The molecule has 1 saturated heterocycles. The molecule has 0 spiro atoms. The summed E-state index contributed by atoms with van der Waals surface area (Å²) in [4.78, 5) is 4.94. The molecule has 4 heteroatoms. The molecule has 0 aromatic heterocycles. The van der Waals surface area contributed by atoms with Gasteiger partial charge in [0.1, 0.15) is 0 Å². The maximum Gasteiger partial charge on any atom is 0.0491 e. The Balaban J connectivity index is 2.24. The van der Waals surface area contributed by atoms with Crippen molar-refractivity contribution in [3.63, 3.8) is 0 Å². The highest BCUT2D eigenvalue weighted by atomic mass is 35.5. The van der Waals surface area contributed by atoms with E-state index < -0.39 is 0 Å². The SMILES string of the molecule is CCCNC(c1cccc(Cl)c1)C1CN(C)CCCN1C. The van der Waals surface area contributed by atoms with Gasteiger partial charge in [-0.25, -0.2) is 0 Å². The molecular weight excluding hydrogens is 282 g/mol. The van der Waals surface area contributed by atoms with E-state index in [1.165, 1.54) is 18.5 Å². The Hall–Kier alpha value is -0.610. The van der Waals surface area contributed by atoms with Gasteiger partial charge in [-0.2, -0.15) is 0 Å². The summed E-state index contributed by atoms with van der Waals surface area (Å²) in [5, 5.41) is 4.55. The molecule has 118 valence electrons. The van der Waals surface area contributed by atoms with Crippen molar-refractivity contribution in [2.75, 3.05) is 40.3 Å². The predicted molar refractivity (Wildman–Crippen MR) is 91.0 cm³/mol. The highest BCUT2D eigenvalue weighted by Gasteiger charge is 2.29. The van der Waals surface area contributed by atoms with Crippen LogP contribution in [0.3, 0.4) is 0 Å². The van der Waals surface area contributed by atoms with Gasteiger partial charge >= 0.3 is 0 Å². The predicted octanol–water partition coefficient (Wildman–Crippen LogP) is 3.02. The summed E-state index contributed by atoms with van der Waals surface area (Å²) in [6.45, 7) is 6.66. The van der Waals surface area contributed by atoms with Crippen molar-refractivity contribution in [3.8, 4) is 0 Å². The zero-order valence-electron chi connectivity index (χ0n) is 13.5. The van der Waals surface area contributed by atoms with Crippen LogP contribution >= 0.6 is 11.6 Å². The second-order valence-corrected chi connectivity index (χ2v) is 6.59. The van der Waals surface area contributed by atoms with Crippen LogP contribution in [0.25, 0.3) is 0 Å². The standard InChI is InChI=1S/C17H28ClN3/c1-4-9-19-17(14-7-5-8-15(18)12-14)16-13-20(2)10-6-11-21(16)3/h5,7-8,12,16-17,19H,4,6,9-11,13H2,1-3H3. The van der Waals surface area contributed by atoms with E-state index in [1.807, 2.05) is 6.07 Å². The first-order chi connectivity index (χ1) is 10.1. The van der Waals surface area contributed by atoms with Crippen LogP contribution in [-0.2, 0) is 0 Å². The van der Waals surface area contributed by atoms with Crippen molar-refractivity contribution in [1.29, 1.82) is 0 Å². The van der Waals surface area contributed by atoms with Gasteiger partial charge in [-0.3, -0.25) is 0 Å². The Labute approximate surface area is 134 Å². The number of hydrogen-bond acceptors (Lipinski definition) is 3. The number of hydrogen-bond donors (Lipinski definition) is 1. The van der Waals surface area contributed by atoms with Gasteiger partial charge in [0.15, 0.2) is 0 Å². The molecule has 0 bridgehead atoms. The van der Waals surface area contributed by atoms with Gasteiger partial charge in [0.25, 0.3) is 0 Å². The first-order valence-electron chi connectivity index (χ1n) is 7.99. The molecule has 2 atom stereocenters. The van der Waals surface area contributed by atoms with Gasteiger partial charge in [0.2, 0.25) is 0 Å². The Morgan fingerprint density at radius 1 is 1.33 bits per heavy atom. The summed E-state index contributed by atoms with van der Waals surface area (Å²) in [6.07, 6.45) is 2.38. The lowest BCUT2D eigenvalue weighted by Crippen LogP contribution is -2.47. The van der Waals surface area contributed by atoms with Gasteiger partial charge < -0.3 is 15.1 Å². The van der Waals surface area contributed by atoms with E-state index in [-0.39, 0.29) is 0 Å². The fourth-order valence-corrected chi connectivity index (χ4v) is 3.34. The average Bonchev–Trinajstić information content (AvgIpc) is 2.61. The Morgan fingerprint density at radius 3 is 2.86 bits per heavy atom. The summed E-state index contributed by atoms with van der Waals surface area (Å²) in [5.41, 5.74) is 1.29. The van der Waals surface area contributed by atoms with Crippen molar-refractivity contribution < 1.29 is 0 Å². The molecule has 1 aromatic rings. The molecule has 3 nitrogen and oxygen atoms in total. The maximum atomic E-state index is 6.21. The lowest BCUT2D eigenvalue weighted by atomic mass is 9.97. The van der Waals surface area contributed by atoms with Crippen molar-refractivity contribution in [1.82, 2.24) is 15.1 Å². The minimum Gasteiger partial charge on any atom is -0.309 e. The van der Waals surface area contributed by atoms with E-state index >= 15 is 0 Å². The third kappa shape index (κ3) is 4.68. The summed E-state index contributed by atoms with van der Waals surface area (Å²) < 4.78 is 0. The van der Waals surface area contributed by atoms with Crippen LogP contribution in [0.2, 0.25) is 5.02 Å². The number of rotatable bonds is 5. The molecule has 1 N–H and O–H groups in total. The Bertz CT molecular complexity index is 438. The molecule has 0 saturated carbocycles. The monoisotopic (exact) mass is 309 g/mol. The first-order valence-corrected chi connectivity index (χ1v) is 8.37. The smallest absolute Gasteiger partial charge is 0.0491 e. The van der Waals surface area contributed by atoms with Gasteiger partial charge in [-0.15, -0.1) is 0 Å². The van der Waals surface area contributed by atoms with Gasteiger partial charge in [0, 0.05) is 23.7 Å². The topological polar surface area (TPSA) is 18.5 Å². The second-order valence-electron chi connectivity index (χ2n) is 6.15. The molecule has 1 aliphatic heterocycles. The van der Waals surface area contributed by atoms with Gasteiger partial charge in [-0.05, 0) is 64.3 Å². The largest absolute Gasteiger partial charge is 0.309 e. The van der Waals surface area contributed by atoms with Crippen LogP contribution in [0.4, 0.5) is 0 Å². The van der Waals surface area contributed by atoms with E-state index in [0.717, 1.165) is 31.1 Å². The molecule has 0 radical (unpaired) electrons. The van der Waals surface area contributed by atoms with Gasteiger partial charge in [0.05, 0.1) is 0 Å². The molecule has 21 heavy (non-hydrogen) atoms. The average molecular weight is 310 g/mol. The summed E-state index contributed by atoms with van der Waals surface area (Å²) in [6, 6.07) is 9.10. The normalized spacial score (nSPS) is 23.0. The molecule has 0 amide bonds. The minimum atomic E-state index is 0.328. The van der Waals surface area contributed by atoms with E-state index in [1.54, 1.807) is 0 Å². The van der Waals surface area contributed by atoms with Crippen LogP contribution in [-0.4, -0.2) is 56.1 Å². The van der Waals surface area contributed by atoms with Crippen molar-refractivity contribution in [2.45, 2.75) is 31.8 Å². The molecule has 2 unspecified atom stereocenters. The molecule has 1 heterocycles. The number of benzene rings is 1. The van der Waals surface area contributed by atoms with Crippen molar-refractivity contribution >= 4 is 11.6 Å². The number of halogens is 1. The van der Waals surface area contributed by atoms with Crippen LogP contribution in [0.1, 0.15) is 31.4 Å². The molecule has 2 rings (SSSR count). The van der Waals surface area contributed by atoms with E-state index in [9.17, 15) is 0 Å². The Morgan fingerprint density at radius 2 is 2.14 bits per heavy atom. The van der Waals surface area contributed by atoms with Crippen LogP contribution in [0, 0.1) is 0 Å². The molecule has 0 aliphatic carbocycles. The molecule has 1 aliphatic rings. The number of likely N-dealkylation sites (N-methyl/N-ethyl adjacent to an activating group) is 2. The first kappa shape index (κ1) is 16.8. The molecule has 1 fully saturated rings. The lowest BCUT2D eigenvalue weighted by molar-refractivity contribution is 0.178. The van der Waals surface area contributed by atoms with E-state index in [0.29, 0.717) is 12.1 Å². The highest BCUT2D eigenvalue weighted by Crippen LogP contribution is 2.25. The fraction of sp³-hybridized carbons (Fsp3) is 0.647. The zero-order valence-corrected chi connectivity index (χ0v) is 14.2. The third-order valence-electron chi connectivity index (χ3n) is 4.32. The van der Waals surface area contributed by atoms with Crippen molar-refractivity contribution in [2.24, 2.45) is 0 Å². The van der Waals surface area contributed by atoms with Crippen LogP contribution < -0.4 is 5.32 Å². The third-order valence-corrected chi connectivity index (χ3v) is 4.56. The summed E-state index contributed by atoms with van der Waals surface area (Å²) in [7, 11) is 4.47. The fourth-order valence-electron chi connectivity index (χ4n) is 3.14. The van der Waals surface area contributed by atoms with E-state index in [2.05, 4.69) is 54.3 Å². The quantitative estimate of drug-likeness (QED) is 0.902. The highest BCUT2D eigenvalue weighted by molar-refractivity contribution is 6.30. The zero-order chi connectivity index (χ0) is 15.2. The Kier molecular flexibility index (Phi) is 6.49.